The number of amides is 1. The van der Waals surface area contributed by atoms with Gasteiger partial charge in [0.2, 0.25) is 0 Å². The minimum absolute atomic E-state index is 0.00360. The molecule has 2 rings (SSSR count). The van der Waals surface area contributed by atoms with Crippen LogP contribution in [0.1, 0.15) is 21.9 Å². The van der Waals surface area contributed by atoms with Crippen molar-refractivity contribution in [3.05, 3.63) is 69.5 Å². The van der Waals surface area contributed by atoms with E-state index < -0.39 is 17.5 Å². The number of rotatable bonds is 5. The Morgan fingerprint density at radius 3 is 2.86 bits per heavy atom. The third-order valence-corrected chi connectivity index (χ3v) is 2.63. The zero-order chi connectivity index (χ0) is 15.2. The van der Waals surface area contributed by atoms with Gasteiger partial charge in [-0.15, -0.1) is 0 Å². The van der Waals surface area contributed by atoms with Crippen LogP contribution in [0, 0.1) is 11.6 Å². The van der Waals surface area contributed by atoms with Crippen molar-refractivity contribution >= 4 is 5.91 Å². The monoisotopic (exact) mass is 292 g/mol. The number of azide groups is 1. The van der Waals surface area contributed by atoms with Crippen LogP contribution in [0.3, 0.4) is 0 Å². The summed E-state index contributed by atoms with van der Waals surface area (Å²) < 4.78 is 31.3. The lowest BCUT2D eigenvalue weighted by Gasteiger charge is -2.04. The fourth-order valence-corrected chi connectivity index (χ4v) is 1.61. The predicted octanol–water partition coefficient (Wildman–Crippen LogP) is 3.30. The standard InChI is InChI=1S/C13H10F2N4O2/c14-9-2-1-8(11(15)5-9)6-17-13(20)12-4-3-10(21-12)7-18-19-16/h1-5H,6-7H2,(H,17,20). The van der Waals surface area contributed by atoms with Gasteiger partial charge >= 0.3 is 0 Å². The van der Waals surface area contributed by atoms with E-state index in [1.54, 1.807) is 0 Å². The summed E-state index contributed by atoms with van der Waals surface area (Å²) in [5.41, 5.74) is 8.33. The molecule has 1 heterocycles. The summed E-state index contributed by atoms with van der Waals surface area (Å²) in [5, 5.41) is 5.74. The van der Waals surface area contributed by atoms with Gasteiger partial charge < -0.3 is 9.73 Å². The summed E-state index contributed by atoms with van der Waals surface area (Å²) >= 11 is 0. The van der Waals surface area contributed by atoms with Gasteiger partial charge in [0.1, 0.15) is 17.4 Å². The van der Waals surface area contributed by atoms with E-state index in [1.807, 2.05) is 0 Å². The van der Waals surface area contributed by atoms with Gasteiger partial charge in [0.15, 0.2) is 5.76 Å². The second-order valence-electron chi connectivity index (χ2n) is 4.07. The molecule has 21 heavy (non-hydrogen) atoms. The largest absolute Gasteiger partial charge is 0.456 e. The number of hydrogen-bond acceptors (Lipinski definition) is 3. The van der Waals surface area contributed by atoms with Gasteiger partial charge in [-0.25, -0.2) is 8.78 Å². The highest BCUT2D eigenvalue weighted by Gasteiger charge is 2.12. The van der Waals surface area contributed by atoms with Gasteiger partial charge in [-0.1, -0.05) is 11.2 Å². The molecular formula is C13H10F2N4O2. The Kier molecular flexibility index (Phi) is 4.53. The Hall–Kier alpha value is -2.86. The fraction of sp³-hybridized carbons (Fsp3) is 0.154. The number of nitrogens with one attached hydrogen (secondary N) is 1. The Balaban J connectivity index is 1.98. The van der Waals surface area contributed by atoms with Crippen molar-refractivity contribution in [3.8, 4) is 0 Å². The number of hydrogen-bond donors (Lipinski definition) is 1. The predicted molar refractivity (Wildman–Crippen MR) is 69.1 cm³/mol. The maximum Gasteiger partial charge on any atom is 0.287 e. The van der Waals surface area contributed by atoms with Crippen LogP contribution in [-0.4, -0.2) is 5.91 Å². The molecule has 0 aliphatic rings. The summed E-state index contributed by atoms with van der Waals surface area (Å²) in [6.07, 6.45) is 0. The molecular weight excluding hydrogens is 282 g/mol. The average Bonchev–Trinajstić information content (AvgIpc) is 2.93. The first-order chi connectivity index (χ1) is 10.1. The van der Waals surface area contributed by atoms with Crippen LogP contribution >= 0.6 is 0 Å². The van der Waals surface area contributed by atoms with Crippen molar-refractivity contribution in [1.82, 2.24) is 5.32 Å². The lowest BCUT2D eigenvalue weighted by Crippen LogP contribution is -2.22. The van der Waals surface area contributed by atoms with Crippen molar-refractivity contribution in [2.45, 2.75) is 13.1 Å². The lowest BCUT2D eigenvalue weighted by atomic mass is 10.2. The molecule has 0 saturated heterocycles. The van der Waals surface area contributed by atoms with E-state index >= 15 is 0 Å². The second-order valence-corrected chi connectivity index (χ2v) is 4.07. The Labute approximate surface area is 118 Å². The summed E-state index contributed by atoms with van der Waals surface area (Å²) in [4.78, 5) is 14.3. The van der Waals surface area contributed by atoms with Crippen molar-refractivity contribution < 1.29 is 18.0 Å². The Morgan fingerprint density at radius 1 is 1.33 bits per heavy atom. The normalized spacial score (nSPS) is 10.0. The molecule has 1 aromatic heterocycles. The van der Waals surface area contributed by atoms with E-state index in [-0.39, 0.29) is 24.4 Å². The SMILES string of the molecule is [N-]=[N+]=NCc1ccc(C(=O)NCc2ccc(F)cc2F)o1. The molecule has 0 fully saturated rings. The first-order valence-corrected chi connectivity index (χ1v) is 5.92. The van der Waals surface area contributed by atoms with Gasteiger partial charge in [0, 0.05) is 23.1 Å². The third kappa shape index (κ3) is 3.80. The van der Waals surface area contributed by atoms with Gasteiger partial charge in [-0.3, -0.25) is 4.79 Å². The fourth-order valence-electron chi connectivity index (χ4n) is 1.61. The van der Waals surface area contributed by atoms with E-state index in [2.05, 4.69) is 15.3 Å². The molecule has 0 aliphatic heterocycles. The highest BCUT2D eigenvalue weighted by atomic mass is 19.1. The molecule has 108 valence electrons. The molecule has 8 heteroatoms. The number of carbonyl (C=O) groups is 1. The van der Waals surface area contributed by atoms with Gasteiger partial charge in [-0.2, -0.15) is 0 Å². The topological polar surface area (TPSA) is 91.0 Å². The molecule has 0 spiro atoms. The Morgan fingerprint density at radius 2 is 2.14 bits per heavy atom. The number of furan rings is 1. The molecule has 1 N–H and O–H groups in total. The molecule has 0 bridgehead atoms. The molecule has 0 saturated carbocycles. The van der Waals surface area contributed by atoms with Gasteiger partial charge in [0.05, 0.1) is 6.54 Å². The molecule has 0 unspecified atom stereocenters. The second kappa shape index (κ2) is 6.53. The molecule has 0 radical (unpaired) electrons. The molecule has 2 aromatic rings. The molecule has 0 aliphatic carbocycles. The van der Waals surface area contributed by atoms with Gasteiger partial charge in [0.25, 0.3) is 5.91 Å². The van der Waals surface area contributed by atoms with Crippen molar-refractivity contribution in [2.24, 2.45) is 5.11 Å². The minimum atomic E-state index is -0.737. The maximum absolute atomic E-state index is 13.4. The molecule has 1 amide bonds. The first-order valence-electron chi connectivity index (χ1n) is 5.92. The number of nitrogens with zero attached hydrogens (tertiary/aromatic N) is 3. The highest BCUT2D eigenvalue weighted by Crippen LogP contribution is 2.11. The van der Waals surface area contributed by atoms with Gasteiger partial charge in [-0.05, 0) is 23.7 Å². The van der Waals surface area contributed by atoms with E-state index in [9.17, 15) is 13.6 Å². The van der Waals surface area contributed by atoms with Crippen LogP contribution in [0.4, 0.5) is 8.78 Å². The average molecular weight is 292 g/mol. The quantitative estimate of drug-likeness (QED) is 0.520. The summed E-state index contributed by atoms with van der Waals surface area (Å²) in [6.45, 7) is -0.103. The molecule has 1 aromatic carbocycles. The summed E-state index contributed by atoms with van der Waals surface area (Å²) in [6, 6.07) is 6.02. The van der Waals surface area contributed by atoms with Crippen molar-refractivity contribution in [2.75, 3.05) is 0 Å². The number of halogens is 2. The molecule has 0 atom stereocenters. The lowest BCUT2D eigenvalue weighted by molar-refractivity contribution is 0.0921. The molecule has 6 nitrogen and oxygen atoms in total. The summed E-state index contributed by atoms with van der Waals surface area (Å²) in [7, 11) is 0. The number of benzene rings is 1. The zero-order valence-electron chi connectivity index (χ0n) is 10.7. The van der Waals surface area contributed by atoms with E-state index in [0.717, 1.165) is 12.1 Å². The highest BCUT2D eigenvalue weighted by molar-refractivity contribution is 5.91. The van der Waals surface area contributed by atoms with Crippen LogP contribution < -0.4 is 5.32 Å². The van der Waals surface area contributed by atoms with Crippen LogP contribution in [-0.2, 0) is 13.1 Å². The van der Waals surface area contributed by atoms with Crippen molar-refractivity contribution in [3.63, 3.8) is 0 Å². The third-order valence-electron chi connectivity index (χ3n) is 2.63. The van der Waals surface area contributed by atoms with Crippen LogP contribution in [0.2, 0.25) is 0 Å². The van der Waals surface area contributed by atoms with E-state index in [4.69, 9.17) is 9.95 Å². The summed E-state index contributed by atoms with van der Waals surface area (Å²) in [5.74, 6) is -1.62. The van der Waals surface area contributed by atoms with Crippen LogP contribution in [0.25, 0.3) is 10.4 Å². The van der Waals surface area contributed by atoms with Crippen molar-refractivity contribution in [1.29, 1.82) is 0 Å². The van der Waals surface area contributed by atoms with E-state index in [1.165, 1.54) is 18.2 Å². The first kappa shape index (κ1) is 14.5. The number of carbonyl (C=O) groups excluding carboxylic acids is 1. The maximum atomic E-state index is 13.4. The smallest absolute Gasteiger partial charge is 0.287 e. The van der Waals surface area contributed by atoms with E-state index in [0.29, 0.717) is 5.76 Å². The van der Waals surface area contributed by atoms with Crippen LogP contribution in [0.15, 0.2) is 39.9 Å². The minimum Gasteiger partial charge on any atom is -0.456 e. The Bertz CT molecular complexity index is 708. The van der Waals surface area contributed by atoms with Crippen LogP contribution in [0.5, 0.6) is 0 Å². The zero-order valence-corrected chi connectivity index (χ0v) is 10.7.